The Kier molecular flexibility index (Phi) is 4.70. The zero-order valence-electron chi connectivity index (χ0n) is 13.6. The number of pyridine rings is 1. The first-order valence-electron chi connectivity index (χ1n) is 7.75. The molecule has 0 radical (unpaired) electrons. The third kappa shape index (κ3) is 3.51. The van der Waals surface area contributed by atoms with Crippen LogP contribution in [0.15, 0.2) is 53.6 Å². The highest BCUT2D eigenvalue weighted by Gasteiger charge is 2.05. The van der Waals surface area contributed by atoms with Crippen molar-refractivity contribution >= 4 is 22.8 Å². The number of aryl methyl sites for hydroxylation is 1. The topological polar surface area (TPSA) is 46.5 Å². The van der Waals surface area contributed by atoms with Gasteiger partial charge in [0, 0.05) is 22.7 Å². The number of anilines is 1. The summed E-state index contributed by atoms with van der Waals surface area (Å²) in [4.78, 5) is 4.53. The third-order valence-electron chi connectivity index (χ3n) is 3.51. The summed E-state index contributed by atoms with van der Waals surface area (Å²) in [5.74, 6) is 0.476. The first kappa shape index (κ1) is 15.9. The van der Waals surface area contributed by atoms with Crippen molar-refractivity contribution in [1.82, 2.24) is 4.98 Å². The molecular formula is C19H18FN3O. The highest BCUT2D eigenvalue weighted by Crippen LogP contribution is 2.26. The third-order valence-corrected chi connectivity index (χ3v) is 3.51. The van der Waals surface area contributed by atoms with E-state index < -0.39 is 0 Å². The Hall–Kier alpha value is -2.95. The van der Waals surface area contributed by atoms with Gasteiger partial charge in [0.05, 0.1) is 24.0 Å². The molecule has 1 N–H and O–H groups in total. The highest BCUT2D eigenvalue weighted by atomic mass is 19.1. The summed E-state index contributed by atoms with van der Waals surface area (Å²) in [6, 6.07) is 14.1. The minimum absolute atomic E-state index is 0.305. The first-order chi connectivity index (χ1) is 11.7. The zero-order chi connectivity index (χ0) is 16.9. The van der Waals surface area contributed by atoms with Crippen molar-refractivity contribution in [3.05, 3.63) is 65.6 Å². The molecule has 0 bridgehead atoms. The maximum atomic E-state index is 13.6. The molecule has 1 heterocycles. The molecule has 3 aromatic rings. The van der Waals surface area contributed by atoms with Crippen LogP contribution in [0, 0.1) is 12.7 Å². The molecule has 0 aliphatic rings. The van der Waals surface area contributed by atoms with E-state index in [-0.39, 0.29) is 5.82 Å². The molecular weight excluding hydrogens is 305 g/mol. The Morgan fingerprint density at radius 2 is 2.04 bits per heavy atom. The predicted octanol–water partition coefficient (Wildman–Crippen LogP) is 4.53. The highest BCUT2D eigenvalue weighted by molar-refractivity contribution is 5.92. The van der Waals surface area contributed by atoms with Crippen LogP contribution in [0.2, 0.25) is 0 Å². The van der Waals surface area contributed by atoms with E-state index >= 15 is 0 Å². The van der Waals surface area contributed by atoms with Gasteiger partial charge < -0.3 is 4.74 Å². The normalized spacial score (nSPS) is 11.1. The summed E-state index contributed by atoms with van der Waals surface area (Å²) in [6.07, 6.45) is 1.46. The second-order valence-electron chi connectivity index (χ2n) is 5.31. The van der Waals surface area contributed by atoms with Crippen LogP contribution < -0.4 is 10.2 Å². The molecule has 0 aliphatic carbocycles. The molecule has 122 valence electrons. The Bertz CT molecular complexity index is 893. The summed E-state index contributed by atoms with van der Waals surface area (Å²) in [5, 5.41) is 5.07. The average Bonchev–Trinajstić information content (AvgIpc) is 2.56. The van der Waals surface area contributed by atoms with Crippen LogP contribution in [0.4, 0.5) is 10.1 Å². The van der Waals surface area contributed by atoms with Crippen LogP contribution in [0.3, 0.4) is 0 Å². The van der Waals surface area contributed by atoms with Crippen LogP contribution in [0.25, 0.3) is 10.9 Å². The quantitative estimate of drug-likeness (QED) is 0.554. The van der Waals surface area contributed by atoms with Crippen molar-refractivity contribution in [2.45, 2.75) is 13.8 Å². The van der Waals surface area contributed by atoms with Crippen molar-refractivity contribution in [3.63, 3.8) is 0 Å². The lowest BCUT2D eigenvalue weighted by Gasteiger charge is -2.09. The van der Waals surface area contributed by atoms with E-state index in [1.54, 1.807) is 18.2 Å². The van der Waals surface area contributed by atoms with E-state index in [0.29, 0.717) is 12.2 Å². The zero-order valence-corrected chi connectivity index (χ0v) is 13.6. The maximum Gasteiger partial charge on any atom is 0.132 e. The van der Waals surface area contributed by atoms with E-state index in [2.05, 4.69) is 15.5 Å². The van der Waals surface area contributed by atoms with E-state index in [4.69, 9.17) is 4.74 Å². The molecule has 0 atom stereocenters. The van der Waals surface area contributed by atoms with Crippen molar-refractivity contribution in [1.29, 1.82) is 0 Å². The van der Waals surface area contributed by atoms with Gasteiger partial charge in [0.15, 0.2) is 0 Å². The second-order valence-corrected chi connectivity index (χ2v) is 5.31. The molecule has 1 aromatic heterocycles. The summed E-state index contributed by atoms with van der Waals surface area (Å²) in [5.41, 5.74) is 5.90. The van der Waals surface area contributed by atoms with Crippen molar-refractivity contribution in [3.8, 4) is 5.75 Å². The molecule has 0 aliphatic heterocycles. The Labute approximate surface area is 140 Å². The SMILES string of the molecule is CCOc1ccc2c(NN=Cc3ccccc3F)cc(C)nc2c1. The Balaban J connectivity index is 1.90. The molecule has 0 amide bonds. The van der Waals surface area contributed by atoms with Crippen LogP contribution in [-0.4, -0.2) is 17.8 Å². The van der Waals surface area contributed by atoms with Gasteiger partial charge in [0.25, 0.3) is 0 Å². The number of fused-ring (bicyclic) bond motifs is 1. The predicted molar refractivity (Wildman–Crippen MR) is 95.3 cm³/mol. The molecule has 0 unspecified atom stereocenters. The number of halogens is 1. The van der Waals surface area contributed by atoms with Gasteiger partial charge in [0.2, 0.25) is 0 Å². The summed E-state index contributed by atoms with van der Waals surface area (Å²) in [7, 11) is 0. The molecule has 4 nitrogen and oxygen atoms in total. The van der Waals surface area contributed by atoms with E-state index in [9.17, 15) is 4.39 Å². The Morgan fingerprint density at radius 3 is 2.83 bits per heavy atom. The van der Waals surface area contributed by atoms with Crippen LogP contribution >= 0.6 is 0 Å². The Morgan fingerprint density at radius 1 is 1.21 bits per heavy atom. The number of ether oxygens (including phenoxy) is 1. The number of nitrogens with one attached hydrogen (secondary N) is 1. The molecule has 0 spiro atoms. The summed E-state index contributed by atoms with van der Waals surface area (Å²) >= 11 is 0. The monoisotopic (exact) mass is 323 g/mol. The fraction of sp³-hybridized carbons (Fsp3) is 0.158. The maximum absolute atomic E-state index is 13.6. The van der Waals surface area contributed by atoms with Gasteiger partial charge >= 0.3 is 0 Å². The van der Waals surface area contributed by atoms with Crippen molar-refractivity contribution in [2.24, 2.45) is 5.10 Å². The van der Waals surface area contributed by atoms with E-state index in [1.807, 2.05) is 38.1 Å². The first-order valence-corrected chi connectivity index (χ1v) is 7.75. The fourth-order valence-electron chi connectivity index (χ4n) is 2.44. The summed E-state index contributed by atoms with van der Waals surface area (Å²) in [6.45, 7) is 4.46. The minimum Gasteiger partial charge on any atom is -0.494 e. The smallest absolute Gasteiger partial charge is 0.132 e. The molecule has 0 saturated heterocycles. The van der Waals surface area contributed by atoms with Gasteiger partial charge in [-0.25, -0.2) is 4.39 Å². The number of benzene rings is 2. The fourth-order valence-corrected chi connectivity index (χ4v) is 2.44. The second kappa shape index (κ2) is 7.08. The number of hydrogen-bond acceptors (Lipinski definition) is 4. The molecule has 5 heteroatoms. The van der Waals surface area contributed by atoms with Crippen LogP contribution in [0.1, 0.15) is 18.2 Å². The number of hydrogen-bond donors (Lipinski definition) is 1. The van der Waals surface area contributed by atoms with Gasteiger partial charge in [-0.15, -0.1) is 0 Å². The minimum atomic E-state index is -0.305. The molecule has 2 aromatic carbocycles. The molecule has 24 heavy (non-hydrogen) atoms. The lowest BCUT2D eigenvalue weighted by atomic mass is 10.1. The largest absolute Gasteiger partial charge is 0.494 e. The van der Waals surface area contributed by atoms with Crippen molar-refractivity contribution < 1.29 is 9.13 Å². The number of nitrogens with zero attached hydrogens (tertiary/aromatic N) is 2. The number of aromatic nitrogens is 1. The van der Waals surface area contributed by atoms with Gasteiger partial charge in [-0.1, -0.05) is 18.2 Å². The van der Waals surface area contributed by atoms with Gasteiger partial charge in [-0.05, 0) is 38.1 Å². The van der Waals surface area contributed by atoms with Crippen LogP contribution in [-0.2, 0) is 0 Å². The van der Waals surface area contributed by atoms with Gasteiger partial charge in [0.1, 0.15) is 11.6 Å². The standard InChI is InChI=1S/C19H18FN3O/c1-3-24-15-8-9-16-18(11-15)22-13(2)10-19(16)23-21-12-14-6-4-5-7-17(14)20/h4-12H,3H2,1-2H3,(H,22,23). The van der Waals surface area contributed by atoms with Crippen LogP contribution in [0.5, 0.6) is 5.75 Å². The molecule has 0 fully saturated rings. The number of hydrazone groups is 1. The lowest BCUT2D eigenvalue weighted by molar-refractivity contribution is 0.340. The van der Waals surface area contributed by atoms with E-state index in [1.165, 1.54) is 12.3 Å². The molecule has 3 rings (SSSR count). The van der Waals surface area contributed by atoms with Gasteiger partial charge in [-0.3, -0.25) is 10.4 Å². The summed E-state index contributed by atoms with van der Waals surface area (Å²) < 4.78 is 19.1. The van der Waals surface area contributed by atoms with E-state index in [0.717, 1.165) is 28.0 Å². The number of rotatable bonds is 5. The van der Waals surface area contributed by atoms with Gasteiger partial charge in [-0.2, -0.15) is 5.10 Å². The average molecular weight is 323 g/mol. The van der Waals surface area contributed by atoms with Crippen molar-refractivity contribution in [2.75, 3.05) is 12.0 Å². The lowest BCUT2D eigenvalue weighted by Crippen LogP contribution is -1.97. The molecule has 0 saturated carbocycles.